The molecule has 0 aliphatic heterocycles. The molecule has 0 saturated heterocycles. The fraction of sp³-hybridized carbons (Fsp3) is 0.545. The molecule has 2 N–H and O–H groups in total. The Morgan fingerprint density at radius 3 is 2.71 bits per heavy atom. The van der Waals surface area contributed by atoms with Gasteiger partial charge in [0.05, 0.1) is 21.9 Å². The quantitative estimate of drug-likeness (QED) is 0.473. The molecule has 0 bridgehead atoms. The molecule has 1 saturated carbocycles. The van der Waals surface area contributed by atoms with E-state index in [4.69, 9.17) is 9.26 Å². The van der Waals surface area contributed by atoms with Crippen molar-refractivity contribution in [3.63, 3.8) is 0 Å². The van der Waals surface area contributed by atoms with E-state index >= 15 is 0 Å². The lowest BCUT2D eigenvalue weighted by Crippen LogP contribution is -2.14. The summed E-state index contributed by atoms with van der Waals surface area (Å²) in [7, 11) is -1.84. The normalized spacial score (nSPS) is 15.2. The molecule has 9 heteroatoms. The van der Waals surface area contributed by atoms with Crippen molar-refractivity contribution in [2.75, 3.05) is 31.3 Å². The van der Waals surface area contributed by atoms with Gasteiger partial charge in [-0.25, -0.2) is 13.4 Å². The van der Waals surface area contributed by atoms with Crippen LogP contribution in [0.4, 0.5) is 5.95 Å². The van der Waals surface area contributed by atoms with Gasteiger partial charge in [-0.05, 0) is 56.7 Å². The summed E-state index contributed by atoms with van der Waals surface area (Å²) >= 11 is 0. The Balaban J connectivity index is 1.78. The monoisotopic (exact) mass is 446 g/mol. The Hall–Kier alpha value is -2.39. The molecular formula is C22H30N4O4S. The highest BCUT2D eigenvalue weighted by molar-refractivity contribution is 7.91. The van der Waals surface area contributed by atoms with Crippen LogP contribution in [0.15, 0.2) is 21.6 Å². The number of imidazole rings is 1. The molecule has 4 rings (SSSR count). The topological polar surface area (TPSA) is 110 Å². The molecule has 0 unspecified atom stereocenters. The van der Waals surface area contributed by atoms with Crippen LogP contribution in [-0.4, -0.2) is 49.6 Å². The van der Waals surface area contributed by atoms with E-state index in [1.165, 1.54) is 0 Å². The maximum absolute atomic E-state index is 13.5. The zero-order chi connectivity index (χ0) is 22.0. The largest absolute Gasteiger partial charge is 0.385 e. The first-order chi connectivity index (χ1) is 14.9. The zero-order valence-electron chi connectivity index (χ0n) is 18.3. The lowest BCUT2D eigenvalue weighted by Gasteiger charge is -2.12. The third-order valence-electron chi connectivity index (χ3n) is 5.96. The first-order valence-corrected chi connectivity index (χ1v) is 12.5. The van der Waals surface area contributed by atoms with Crippen LogP contribution in [0.2, 0.25) is 0 Å². The molecule has 1 aliphatic rings. The number of hydrogen-bond acceptors (Lipinski definition) is 7. The van der Waals surface area contributed by atoms with Crippen molar-refractivity contribution < 1.29 is 17.7 Å². The third-order valence-corrected chi connectivity index (χ3v) is 7.85. The van der Waals surface area contributed by atoms with Gasteiger partial charge in [-0.3, -0.25) is 0 Å². The molecule has 0 atom stereocenters. The number of anilines is 1. The maximum atomic E-state index is 13.5. The third kappa shape index (κ3) is 4.62. The second kappa shape index (κ2) is 9.00. The Morgan fingerprint density at radius 2 is 2.03 bits per heavy atom. The van der Waals surface area contributed by atoms with E-state index in [1.807, 2.05) is 19.9 Å². The van der Waals surface area contributed by atoms with Crippen LogP contribution in [0.3, 0.4) is 0 Å². The Labute approximate surface area is 182 Å². The number of nitrogens with one attached hydrogen (secondary N) is 2. The van der Waals surface area contributed by atoms with E-state index in [-0.39, 0.29) is 16.6 Å². The minimum Gasteiger partial charge on any atom is -0.385 e. The van der Waals surface area contributed by atoms with Crippen LogP contribution in [-0.2, 0) is 14.6 Å². The van der Waals surface area contributed by atoms with Gasteiger partial charge in [-0.2, -0.15) is 0 Å². The maximum Gasteiger partial charge on any atom is 0.201 e. The van der Waals surface area contributed by atoms with Gasteiger partial charge < -0.3 is 19.6 Å². The highest BCUT2D eigenvalue weighted by atomic mass is 32.2. The summed E-state index contributed by atoms with van der Waals surface area (Å²) in [4.78, 5) is 8.11. The van der Waals surface area contributed by atoms with Crippen molar-refractivity contribution in [1.82, 2.24) is 15.1 Å². The first kappa shape index (κ1) is 21.8. The standard InChI is InChI=1S/C22H30N4O4S/c1-14-20(15(2)30-26-14)17-11-18-21(25-22(24-18)23-9-6-10-29-3)19(12-17)31(27,28)13-16-7-4-5-8-16/h11-12,16H,4-10,13H2,1-3H3,(H2,23,24,25). The van der Waals surface area contributed by atoms with Crippen LogP contribution in [0.25, 0.3) is 22.2 Å². The number of sulfone groups is 1. The van der Waals surface area contributed by atoms with Crippen molar-refractivity contribution in [1.29, 1.82) is 0 Å². The number of rotatable bonds is 9. The molecule has 2 heterocycles. The lowest BCUT2D eigenvalue weighted by molar-refractivity contribution is 0.197. The van der Waals surface area contributed by atoms with Gasteiger partial charge in [-0.15, -0.1) is 0 Å². The molecule has 1 aromatic carbocycles. The smallest absolute Gasteiger partial charge is 0.201 e. The van der Waals surface area contributed by atoms with E-state index in [1.54, 1.807) is 13.2 Å². The summed E-state index contributed by atoms with van der Waals surface area (Å²) in [6.45, 7) is 5.01. The van der Waals surface area contributed by atoms with E-state index in [9.17, 15) is 8.42 Å². The molecule has 3 aromatic rings. The Bertz CT molecular complexity index is 1140. The Morgan fingerprint density at radius 1 is 1.26 bits per heavy atom. The molecule has 1 fully saturated rings. The number of H-pyrrole nitrogens is 1. The summed E-state index contributed by atoms with van der Waals surface area (Å²) in [6.07, 6.45) is 4.97. The van der Waals surface area contributed by atoms with Crippen LogP contribution >= 0.6 is 0 Å². The first-order valence-electron chi connectivity index (χ1n) is 10.8. The Kier molecular flexibility index (Phi) is 6.34. The van der Waals surface area contributed by atoms with E-state index in [2.05, 4.69) is 20.4 Å². The number of benzene rings is 1. The number of fused-ring (bicyclic) bond motifs is 1. The van der Waals surface area contributed by atoms with Gasteiger partial charge in [0, 0.05) is 25.8 Å². The van der Waals surface area contributed by atoms with Crippen molar-refractivity contribution >= 4 is 26.8 Å². The second-order valence-electron chi connectivity index (χ2n) is 8.36. The number of aryl methyl sites for hydroxylation is 2. The van der Waals surface area contributed by atoms with Crippen LogP contribution in [0.1, 0.15) is 43.6 Å². The van der Waals surface area contributed by atoms with Crippen LogP contribution < -0.4 is 5.32 Å². The number of nitrogens with zero attached hydrogens (tertiary/aromatic N) is 2. The van der Waals surface area contributed by atoms with Crippen molar-refractivity contribution in [2.24, 2.45) is 5.92 Å². The molecule has 2 aromatic heterocycles. The van der Waals surface area contributed by atoms with Gasteiger partial charge in [0.2, 0.25) is 5.95 Å². The average molecular weight is 447 g/mol. The number of aromatic nitrogens is 3. The summed E-state index contributed by atoms with van der Waals surface area (Å²) in [5.74, 6) is 1.59. The molecule has 0 amide bonds. The highest BCUT2D eigenvalue weighted by Crippen LogP contribution is 2.35. The van der Waals surface area contributed by atoms with Gasteiger partial charge in [0.25, 0.3) is 0 Å². The van der Waals surface area contributed by atoms with Crippen molar-refractivity contribution in [2.45, 2.75) is 50.8 Å². The lowest BCUT2D eigenvalue weighted by atomic mass is 10.0. The van der Waals surface area contributed by atoms with Crippen LogP contribution in [0.5, 0.6) is 0 Å². The number of aromatic amines is 1. The zero-order valence-corrected chi connectivity index (χ0v) is 19.1. The minimum atomic E-state index is -3.51. The van der Waals surface area contributed by atoms with Gasteiger partial charge in [0.1, 0.15) is 11.3 Å². The van der Waals surface area contributed by atoms with E-state index in [0.29, 0.717) is 35.9 Å². The van der Waals surface area contributed by atoms with Crippen LogP contribution in [0, 0.1) is 19.8 Å². The van der Waals surface area contributed by atoms with Gasteiger partial charge in [0.15, 0.2) is 9.84 Å². The SMILES string of the molecule is COCCCNc1nc2c(S(=O)(=O)CC3CCCC3)cc(-c3c(C)noc3C)cc2[nH]1. The van der Waals surface area contributed by atoms with Crippen molar-refractivity contribution in [3.8, 4) is 11.1 Å². The predicted molar refractivity (Wildman–Crippen MR) is 120 cm³/mol. The minimum absolute atomic E-state index is 0.163. The number of methoxy groups -OCH3 is 1. The summed E-state index contributed by atoms with van der Waals surface area (Å²) in [6, 6.07) is 3.65. The van der Waals surface area contributed by atoms with Gasteiger partial charge in [-0.1, -0.05) is 18.0 Å². The average Bonchev–Trinajstić information content (AvgIpc) is 3.44. The fourth-order valence-electron chi connectivity index (χ4n) is 4.45. The van der Waals surface area contributed by atoms with E-state index in [0.717, 1.165) is 48.9 Å². The molecule has 0 spiro atoms. The summed E-state index contributed by atoms with van der Waals surface area (Å²) in [5, 5.41) is 7.26. The summed E-state index contributed by atoms with van der Waals surface area (Å²) in [5.41, 5.74) is 3.47. The number of hydrogen-bond donors (Lipinski definition) is 2. The molecule has 31 heavy (non-hydrogen) atoms. The van der Waals surface area contributed by atoms with Crippen molar-refractivity contribution in [3.05, 3.63) is 23.6 Å². The molecule has 8 nitrogen and oxygen atoms in total. The summed E-state index contributed by atoms with van der Waals surface area (Å²) < 4.78 is 37.4. The molecule has 0 radical (unpaired) electrons. The molecular weight excluding hydrogens is 416 g/mol. The molecule has 1 aliphatic carbocycles. The second-order valence-corrected chi connectivity index (χ2v) is 10.4. The number of ether oxygens (including phenoxy) is 1. The fourth-order valence-corrected chi connectivity index (χ4v) is 6.34. The van der Waals surface area contributed by atoms with E-state index < -0.39 is 9.84 Å². The highest BCUT2D eigenvalue weighted by Gasteiger charge is 2.28. The van der Waals surface area contributed by atoms with Gasteiger partial charge >= 0.3 is 0 Å². The predicted octanol–water partition coefficient (Wildman–Crippen LogP) is 4.25. The molecule has 168 valence electrons.